The number of allylic oxidation sites excluding steroid dienone is 1. The Morgan fingerprint density at radius 1 is 0.958 bits per heavy atom. The minimum absolute atomic E-state index is 0.0183. The largest absolute Gasteiger partial charge is 0.461 e. The van der Waals surface area contributed by atoms with Crippen LogP contribution >= 0.6 is 0 Å². The first kappa shape index (κ1) is 20.2. The predicted octanol–water partition coefficient (Wildman–Crippen LogP) is 5.88. The van der Waals surface area contributed by atoms with Crippen LogP contribution in [0.1, 0.15) is 56.9 Å². The minimum atomic E-state index is 0.0183. The van der Waals surface area contributed by atoms with Crippen molar-refractivity contribution >= 4 is 5.97 Å². The quantitative estimate of drug-likeness (QED) is 0.288. The highest BCUT2D eigenvalue weighted by Gasteiger charge is 2.40. The molecular weight excluding hydrogens is 296 g/mol. The molecule has 0 aliphatic carbocycles. The van der Waals surface area contributed by atoms with Gasteiger partial charge in [0.15, 0.2) is 0 Å². The van der Waals surface area contributed by atoms with Gasteiger partial charge in [-0.2, -0.15) is 0 Å². The van der Waals surface area contributed by atoms with Crippen LogP contribution in [0.5, 0.6) is 0 Å². The molecule has 1 aromatic carbocycles. The van der Waals surface area contributed by atoms with Crippen molar-refractivity contribution in [3.05, 3.63) is 61.7 Å². The Bertz CT molecular complexity index is 466. The molecule has 1 saturated heterocycles. The van der Waals surface area contributed by atoms with Crippen molar-refractivity contribution in [2.75, 3.05) is 0 Å². The summed E-state index contributed by atoms with van der Waals surface area (Å²) in [5, 5.41) is 0. The molecule has 0 radical (unpaired) electrons. The molecule has 132 valence electrons. The Morgan fingerprint density at radius 2 is 1.62 bits per heavy atom. The maximum atomic E-state index is 11.6. The van der Waals surface area contributed by atoms with E-state index < -0.39 is 0 Å². The molecule has 2 atom stereocenters. The summed E-state index contributed by atoms with van der Waals surface area (Å²) in [5.74, 6) is 0.168. The van der Waals surface area contributed by atoms with Gasteiger partial charge in [-0.05, 0) is 37.7 Å². The van der Waals surface area contributed by atoms with Crippen LogP contribution in [0.4, 0.5) is 0 Å². The molecule has 1 heterocycles. The Hall–Kier alpha value is -1.83. The molecule has 1 fully saturated rings. The number of carbonyl (C=O) groups excluding carboxylic acids is 1. The highest BCUT2D eigenvalue weighted by molar-refractivity contribution is 5.78. The SMILES string of the molecule is C=C.C=CCCCCCCCC1C(=O)OC1CCc1ccccc1. The fourth-order valence-electron chi connectivity index (χ4n) is 3.10. The zero-order valence-corrected chi connectivity index (χ0v) is 14.9. The van der Waals surface area contributed by atoms with Gasteiger partial charge in [0, 0.05) is 0 Å². The lowest BCUT2D eigenvalue weighted by Crippen LogP contribution is -2.45. The summed E-state index contributed by atoms with van der Waals surface area (Å²) in [6.07, 6.45) is 12.4. The first-order valence-corrected chi connectivity index (χ1v) is 9.16. The van der Waals surface area contributed by atoms with E-state index in [4.69, 9.17) is 4.74 Å². The molecule has 2 rings (SSSR count). The Labute approximate surface area is 147 Å². The van der Waals surface area contributed by atoms with Gasteiger partial charge in [-0.15, -0.1) is 19.7 Å². The maximum Gasteiger partial charge on any atom is 0.313 e. The molecule has 0 spiro atoms. The van der Waals surface area contributed by atoms with Crippen molar-refractivity contribution in [1.29, 1.82) is 0 Å². The van der Waals surface area contributed by atoms with Crippen molar-refractivity contribution < 1.29 is 9.53 Å². The first-order chi connectivity index (χ1) is 11.8. The van der Waals surface area contributed by atoms with Gasteiger partial charge in [0.05, 0.1) is 5.92 Å². The van der Waals surface area contributed by atoms with Crippen LogP contribution in [0, 0.1) is 5.92 Å². The summed E-state index contributed by atoms with van der Waals surface area (Å²) >= 11 is 0. The van der Waals surface area contributed by atoms with E-state index in [1.54, 1.807) is 0 Å². The van der Waals surface area contributed by atoms with Crippen LogP contribution in [-0.2, 0) is 16.0 Å². The van der Waals surface area contributed by atoms with Crippen molar-refractivity contribution in [1.82, 2.24) is 0 Å². The molecule has 0 N–H and O–H groups in total. The van der Waals surface area contributed by atoms with Gasteiger partial charge in [0.25, 0.3) is 0 Å². The van der Waals surface area contributed by atoms with E-state index in [0.717, 1.165) is 32.1 Å². The second kappa shape index (κ2) is 12.6. The summed E-state index contributed by atoms with van der Waals surface area (Å²) in [6, 6.07) is 10.4. The molecule has 2 unspecified atom stereocenters. The second-order valence-corrected chi connectivity index (χ2v) is 6.24. The van der Waals surface area contributed by atoms with E-state index in [0.29, 0.717) is 0 Å². The van der Waals surface area contributed by atoms with E-state index in [2.05, 4.69) is 44.0 Å². The Morgan fingerprint density at radius 3 is 2.29 bits per heavy atom. The van der Waals surface area contributed by atoms with Crippen LogP contribution in [0.15, 0.2) is 56.1 Å². The van der Waals surface area contributed by atoms with Gasteiger partial charge in [0.2, 0.25) is 0 Å². The normalized spacial score (nSPS) is 18.8. The second-order valence-electron chi connectivity index (χ2n) is 6.24. The topological polar surface area (TPSA) is 26.3 Å². The first-order valence-electron chi connectivity index (χ1n) is 9.16. The lowest BCUT2D eigenvalue weighted by molar-refractivity contribution is -0.185. The average Bonchev–Trinajstić information content (AvgIpc) is 2.63. The minimum Gasteiger partial charge on any atom is -0.461 e. The summed E-state index contributed by atoms with van der Waals surface area (Å²) in [5.41, 5.74) is 1.33. The predicted molar refractivity (Wildman–Crippen MR) is 102 cm³/mol. The number of aryl methyl sites for hydroxylation is 1. The highest BCUT2D eigenvalue weighted by atomic mass is 16.6. The van der Waals surface area contributed by atoms with Gasteiger partial charge in [0.1, 0.15) is 6.10 Å². The van der Waals surface area contributed by atoms with Crippen LogP contribution in [0.3, 0.4) is 0 Å². The van der Waals surface area contributed by atoms with Gasteiger partial charge in [-0.1, -0.05) is 62.1 Å². The van der Waals surface area contributed by atoms with Gasteiger partial charge >= 0.3 is 5.97 Å². The van der Waals surface area contributed by atoms with E-state index in [1.807, 2.05) is 12.1 Å². The Kier molecular flexibility index (Phi) is 10.6. The van der Waals surface area contributed by atoms with E-state index in [1.165, 1.54) is 31.2 Å². The number of hydrogen-bond acceptors (Lipinski definition) is 2. The molecular formula is C22H32O2. The molecule has 1 aliphatic heterocycles. The number of unbranched alkanes of at least 4 members (excludes halogenated alkanes) is 5. The fourth-order valence-corrected chi connectivity index (χ4v) is 3.10. The Balaban J connectivity index is 0.00000139. The van der Waals surface area contributed by atoms with E-state index >= 15 is 0 Å². The summed E-state index contributed by atoms with van der Waals surface area (Å²) in [6.45, 7) is 9.74. The molecule has 0 aromatic heterocycles. The number of cyclic esters (lactones) is 1. The number of ether oxygens (including phenoxy) is 1. The smallest absolute Gasteiger partial charge is 0.313 e. The van der Waals surface area contributed by atoms with Gasteiger partial charge in [-0.25, -0.2) is 0 Å². The van der Waals surface area contributed by atoms with Crippen LogP contribution in [-0.4, -0.2) is 12.1 Å². The molecule has 1 aliphatic rings. The molecule has 0 saturated carbocycles. The van der Waals surface area contributed by atoms with Crippen LogP contribution < -0.4 is 0 Å². The number of hydrogen-bond donors (Lipinski definition) is 0. The van der Waals surface area contributed by atoms with Gasteiger partial charge in [-0.3, -0.25) is 4.79 Å². The number of esters is 1. The lowest BCUT2D eigenvalue weighted by atomic mass is 9.87. The molecule has 0 amide bonds. The van der Waals surface area contributed by atoms with Crippen molar-refractivity contribution in [2.45, 2.75) is 63.9 Å². The zero-order valence-electron chi connectivity index (χ0n) is 14.9. The molecule has 24 heavy (non-hydrogen) atoms. The lowest BCUT2D eigenvalue weighted by Gasteiger charge is -2.35. The number of rotatable bonds is 11. The summed E-state index contributed by atoms with van der Waals surface area (Å²) < 4.78 is 5.33. The van der Waals surface area contributed by atoms with Gasteiger partial charge < -0.3 is 4.74 Å². The molecule has 1 aromatic rings. The summed E-state index contributed by atoms with van der Waals surface area (Å²) in [4.78, 5) is 11.6. The zero-order chi connectivity index (χ0) is 17.6. The third-order valence-corrected chi connectivity index (χ3v) is 4.50. The van der Waals surface area contributed by atoms with Crippen molar-refractivity contribution in [2.24, 2.45) is 5.92 Å². The van der Waals surface area contributed by atoms with Crippen molar-refractivity contribution in [3.8, 4) is 0 Å². The average molecular weight is 328 g/mol. The standard InChI is InChI=1S/C20H28O2.C2H4/c1-2-3-4-5-6-7-11-14-18-19(22-20(18)21)16-15-17-12-9-8-10-13-17;1-2/h2,8-10,12-13,18-19H,1,3-7,11,14-16H2;1-2H2. The molecule has 2 nitrogen and oxygen atoms in total. The third-order valence-electron chi connectivity index (χ3n) is 4.50. The van der Waals surface area contributed by atoms with E-state index in [9.17, 15) is 4.79 Å². The fraction of sp³-hybridized carbons (Fsp3) is 0.500. The van der Waals surface area contributed by atoms with Crippen LogP contribution in [0.25, 0.3) is 0 Å². The van der Waals surface area contributed by atoms with Crippen molar-refractivity contribution in [3.63, 3.8) is 0 Å². The van der Waals surface area contributed by atoms with E-state index in [-0.39, 0.29) is 18.0 Å². The monoisotopic (exact) mass is 328 g/mol. The van der Waals surface area contributed by atoms with Crippen LogP contribution in [0.2, 0.25) is 0 Å². The maximum absolute atomic E-state index is 11.6. The summed E-state index contributed by atoms with van der Waals surface area (Å²) in [7, 11) is 0. The highest BCUT2D eigenvalue weighted by Crippen LogP contribution is 2.31. The molecule has 2 heteroatoms. The number of benzene rings is 1. The number of carbonyl (C=O) groups is 1. The molecule has 0 bridgehead atoms. The third kappa shape index (κ3) is 7.16.